The average molecular weight is 549 g/mol. The largest absolute Gasteiger partial charge is 0.364 e. The van der Waals surface area contributed by atoms with E-state index in [0.717, 1.165) is 26.2 Å². The van der Waals surface area contributed by atoms with Gasteiger partial charge in [0.2, 0.25) is 0 Å². The maximum absolute atomic E-state index is 15.1. The number of amides is 1. The number of alkyl halides is 2. The topological polar surface area (TPSA) is 63.2 Å². The molecule has 2 unspecified atom stereocenters. The standard InChI is InChI=1S/C29H27ClF2N6O/c1-36-11-13-37(14-12-36)26-17-29(31,32)24-16-21(6-8-23(24)26)35-28(39)20-5-9-25(30)19(15-20)4-7-22-18-33-27-3-2-10-34-38(22)27/h2-3,5-6,8-10,15-16,18,26-27,33H,11-14,17H2,1H3,(H,35,39). The van der Waals surface area contributed by atoms with Crippen LogP contribution in [0.15, 0.2) is 65.5 Å². The predicted molar refractivity (Wildman–Crippen MR) is 148 cm³/mol. The van der Waals surface area contributed by atoms with Gasteiger partial charge in [0.05, 0.1) is 5.02 Å². The summed E-state index contributed by atoms with van der Waals surface area (Å²) < 4.78 is 30.1. The van der Waals surface area contributed by atoms with Crippen molar-refractivity contribution in [2.45, 2.75) is 24.6 Å². The lowest BCUT2D eigenvalue weighted by molar-refractivity contribution is -0.0257. The van der Waals surface area contributed by atoms with Crippen LogP contribution in [-0.2, 0) is 5.92 Å². The molecule has 1 aliphatic carbocycles. The molecule has 39 heavy (non-hydrogen) atoms. The Hall–Kier alpha value is -3.71. The molecule has 200 valence electrons. The normalized spacial score (nSPS) is 23.4. The molecule has 2 atom stereocenters. The van der Waals surface area contributed by atoms with Crippen LogP contribution in [0.1, 0.15) is 39.5 Å². The third-order valence-corrected chi connectivity index (χ3v) is 7.85. The quantitative estimate of drug-likeness (QED) is 0.558. The first-order chi connectivity index (χ1) is 18.8. The van der Waals surface area contributed by atoms with Crippen LogP contribution in [0.5, 0.6) is 0 Å². The highest BCUT2D eigenvalue weighted by Crippen LogP contribution is 2.50. The monoisotopic (exact) mass is 548 g/mol. The summed E-state index contributed by atoms with van der Waals surface area (Å²) in [6, 6.07) is 9.28. The number of piperazine rings is 1. The van der Waals surface area contributed by atoms with E-state index in [1.54, 1.807) is 47.8 Å². The van der Waals surface area contributed by atoms with Gasteiger partial charge in [0, 0.05) is 73.4 Å². The molecule has 0 radical (unpaired) electrons. The van der Waals surface area contributed by atoms with E-state index in [9.17, 15) is 4.79 Å². The van der Waals surface area contributed by atoms with E-state index in [-0.39, 0.29) is 24.2 Å². The number of fused-ring (bicyclic) bond motifs is 2. The van der Waals surface area contributed by atoms with Gasteiger partial charge < -0.3 is 15.5 Å². The maximum atomic E-state index is 15.1. The lowest BCUT2D eigenvalue weighted by atomic mass is 10.0. The summed E-state index contributed by atoms with van der Waals surface area (Å²) >= 11 is 6.35. The summed E-state index contributed by atoms with van der Waals surface area (Å²) in [5.41, 5.74) is 2.41. The van der Waals surface area contributed by atoms with Gasteiger partial charge in [-0.1, -0.05) is 23.6 Å². The number of rotatable bonds is 3. The molecule has 2 aromatic rings. The highest BCUT2D eigenvalue weighted by Gasteiger charge is 2.47. The first-order valence-corrected chi connectivity index (χ1v) is 13.2. The summed E-state index contributed by atoms with van der Waals surface area (Å²) in [4.78, 5) is 17.4. The van der Waals surface area contributed by atoms with Crippen molar-refractivity contribution in [3.05, 3.63) is 87.7 Å². The van der Waals surface area contributed by atoms with Gasteiger partial charge in [-0.3, -0.25) is 9.69 Å². The van der Waals surface area contributed by atoms with Crippen LogP contribution in [0.3, 0.4) is 0 Å². The van der Waals surface area contributed by atoms with Gasteiger partial charge in [-0.25, -0.2) is 13.8 Å². The van der Waals surface area contributed by atoms with Gasteiger partial charge in [-0.2, -0.15) is 5.10 Å². The molecule has 3 aliphatic heterocycles. The summed E-state index contributed by atoms with van der Waals surface area (Å²) in [5.74, 6) is 2.67. The second kappa shape index (κ2) is 10.1. The number of allylic oxidation sites excluding steroid dienone is 2. The predicted octanol–water partition coefficient (Wildman–Crippen LogP) is 4.36. The molecule has 3 heterocycles. The van der Waals surface area contributed by atoms with E-state index in [1.165, 1.54) is 6.07 Å². The van der Waals surface area contributed by atoms with Crippen LogP contribution >= 0.6 is 11.6 Å². The molecule has 10 heteroatoms. The summed E-state index contributed by atoms with van der Waals surface area (Å²) in [5, 5.41) is 12.4. The number of halogens is 3. The van der Waals surface area contributed by atoms with E-state index >= 15 is 8.78 Å². The third-order valence-electron chi connectivity index (χ3n) is 7.52. The van der Waals surface area contributed by atoms with Crippen molar-refractivity contribution >= 4 is 29.4 Å². The summed E-state index contributed by atoms with van der Waals surface area (Å²) in [6.45, 7) is 3.23. The zero-order valence-corrected chi connectivity index (χ0v) is 22.1. The Balaban J connectivity index is 1.19. The van der Waals surface area contributed by atoms with Crippen molar-refractivity contribution in [2.24, 2.45) is 5.10 Å². The Morgan fingerprint density at radius 1 is 1.15 bits per heavy atom. The number of nitrogens with zero attached hydrogens (tertiary/aromatic N) is 4. The Morgan fingerprint density at radius 2 is 1.97 bits per heavy atom. The highest BCUT2D eigenvalue weighted by molar-refractivity contribution is 6.32. The van der Waals surface area contributed by atoms with E-state index in [4.69, 9.17) is 11.6 Å². The number of hydrogen-bond donors (Lipinski definition) is 2. The Bertz CT molecular complexity index is 1470. The molecule has 1 fully saturated rings. The molecule has 0 aromatic heterocycles. The molecule has 0 spiro atoms. The zero-order chi connectivity index (χ0) is 27.1. The van der Waals surface area contributed by atoms with Crippen LogP contribution < -0.4 is 10.6 Å². The SMILES string of the molecule is CN1CCN(C2CC(F)(F)c3cc(NC(=O)c4ccc(Cl)c(C#CC5=CNC6C=CC=NN56)c4)ccc32)CC1. The highest BCUT2D eigenvalue weighted by atomic mass is 35.5. The van der Waals surface area contributed by atoms with E-state index < -0.39 is 11.8 Å². The van der Waals surface area contributed by atoms with Gasteiger partial charge in [0.1, 0.15) is 11.9 Å². The van der Waals surface area contributed by atoms with Crippen LogP contribution in [0.2, 0.25) is 5.02 Å². The van der Waals surface area contributed by atoms with Crippen LogP contribution in [0.25, 0.3) is 0 Å². The lowest BCUT2D eigenvalue weighted by Crippen LogP contribution is -2.45. The summed E-state index contributed by atoms with van der Waals surface area (Å²) in [7, 11) is 2.04. The molecule has 2 aromatic carbocycles. The molecule has 1 saturated heterocycles. The molecular formula is C29H27ClF2N6O. The van der Waals surface area contributed by atoms with E-state index in [0.29, 0.717) is 33.1 Å². The first kappa shape index (κ1) is 25.6. The minimum absolute atomic E-state index is 0.0149. The second-order valence-electron chi connectivity index (χ2n) is 10.1. The fraction of sp³-hybridized carbons (Fsp3) is 0.310. The van der Waals surface area contributed by atoms with Crippen LogP contribution in [0, 0.1) is 11.8 Å². The minimum atomic E-state index is -2.95. The number of benzene rings is 2. The average Bonchev–Trinajstić information content (AvgIpc) is 3.46. The number of hydrogen-bond acceptors (Lipinski definition) is 6. The molecular weight excluding hydrogens is 522 g/mol. The lowest BCUT2D eigenvalue weighted by Gasteiger charge is -2.36. The van der Waals surface area contributed by atoms with Crippen molar-refractivity contribution in [1.29, 1.82) is 0 Å². The minimum Gasteiger partial charge on any atom is -0.364 e. The van der Waals surface area contributed by atoms with Crippen LogP contribution in [-0.4, -0.2) is 66.3 Å². The van der Waals surface area contributed by atoms with Gasteiger partial charge >= 0.3 is 0 Å². The fourth-order valence-corrected chi connectivity index (χ4v) is 5.51. The van der Waals surface area contributed by atoms with Gasteiger partial charge in [-0.15, -0.1) is 0 Å². The molecule has 0 bridgehead atoms. The number of hydrazone groups is 1. The van der Waals surface area contributed by atoms with Gasteiger partial charge in [-0.05, 0) is 61.0 Å². The number of carbonyl (C=O) groups excluding carboxylic acids is 1. The van der Waals surface area contributed by atoms with Crippen molar-refractivity contribution in [1.82, 2.24) is 20.1 Å². The van der Waals surface area contributed by atoms with Crippen molar-refractivity contribution in [2.75, 3.05) is 38.5 Å². The fourth-order valence-electron chi connectivity index (χ4n) is 5.34. The third kappa shape index (κ3) is 5.03. The zero-order valence-electron chi connectivity index (χ0n) is 21.3. The molecule has 2 N–H and O–H groups in total. The second-order valence-corrected chi connectivity index (χ2v) is 10.5. The molecule has 6 rings (SSSR count). The smallest absolute Gasteiger partial charge is 0.275 e. The molecule has 7 nitrogen and oxygen atoms in total. The van der Waals surface area contributed by atoms with Crippen molar-refractivity contribution in [3.8, 4) is 11.8 Å². The number of carbonyl (C=O) groups is 1. The summed E-state index contributed by atoms with van der Waals surface area (Å²) in [6.07, 6.45) is 6.94. The Kier molecular flexibility index (Phi) is 6.63. The van der Waals surface area contributed by atoms with E-state index in [2.05, 4.69) is 37.4 Å². The van der Waals surface area contributed by atoms with Crippen molar-refractivity contribution in [3.63, 3.8) is 0 Å². The van der Waals surface area contributed by atoms with Crippen molar-refractivity contribution < 1.29 is 13.6 Å². The number of likely N-dealkylation sites (N-methyl/N-ethyl adjacent to an activating group) is 1. The molecule has 1 amide bonds. The molecule has 0 saturated carbocycles. The first-order valence-electron chi connectivity index (χ1n) is 12.8. The maximum Gasteiger partial charge on any atom is 0.275 e. The number of anilines is 1. The Labute approximate surface area is 230 Å². The Morgan fingerprint density at radius 3 is 2.79 bits per heavy atom. The van der Waals surface area contributed by atoms with Gasteiger partial charge in [0.25, 0.3) is 11.8 Å². The van der Waals surface area contributed by atoms with Gasteiger partial charge in [0.15, 0.2) is 0 Å². The van der Waals surface area contributed by atoms with E-state index in [1.807, 2.05) is 19.2 Å². The molecule has 4 aliphatic rings. The number of nitrogens with one attached hydrogen (secondary N) is 2. The van der Waals surface area contributed by atoms with Crippen LogP contribution in [0.4, 0.5) is 14.5 Å².